The van der Waals surface area contributed by atoms with Crippen LogP contribution in [0.15, 0.2) is 38.3 Å². The normalized spacial score (nSPS) is 17.9. The molecule has 28 heavy (non-hydrogen) atoms. The molecule has 1 amide bonds. The molecule has 2 heterocycles. The number of benzene rings is 1. The Bertz CT molecular complexity index is 961. The highest BCUT2D eigenvalue weighted by atomic mass is 79.9. The maximum atomic E-state index is 12.9. The van der Waals surface area contributed by atoms with E-state index in [2.05, 4.69) is 21.2 Å². The molecule has 0 radical (unpaired) electrons. The molecule has 1 saturated heterocycles. The van der Waals surface area contributed by atoms with Crippen LogP contribution >= 0.6 is 27.3 Å². The molecule has 1 aliphatic heterocycles. The first-order valence-electron chi connectivity index (χ1n) is 8.63. The second kappa shape index (κ2) is 8.81. The van der Waals surface area contributed by atoms with Crippen LogP contribution in [0.5, 0.6) is 11.5 Å². The van der Waals surface area contributed by atoms with E-state index in [4.69, 9.17) is 9.47 Å². The fourth-order valence-electron chi connectivity index (χ4n) is 3.08. The van der Waals surface area contributed by atoms with E-state index in [0.29, 0.717) is 36.6 Å². The third-order valence-electron chi connectivity index (χ3n) is 4.56. The number of thiophene rings is 1. The van der Waals surface area contributed by atoms with Gasteiger partial charge in [-0.05, 0) is 53.0 Å². The van der Waals surface area contributed by atoms with E-state index >= 15 is 0 Å². The highest BCUT2D eigenvalue weighted by Gasteiger charge is 2.34. The van der Waals surface area contributed by atoms with E-state index in [1.165, 1.54) is 22.8 Å². The number of sulfonamides is 1. The lowest BCUT2D eigenvalue weighted by Gasteiger charge is -2.30. The molecule has 3 rings (SSSR count). The summed E-state index contributed by atoms with van der Waals surface area (Å²) in [6, 6.07) is 8.41. The zero-order chi connectivity index (χ0) is 20.3. The second-order valence-electron chi connectivity index (χ2n) is 6.32. The largest absolute Gasteiger partial charge is 0.497 e. The van der Waals surface area contributed by atoms with Gasteiger partial charge in [0.2, 0.25) is 5.91 Å². The van der Waals surface area contributed by atoms with Crippen LogP contribution in [-0.2, 0) is 14.8 Å². The van der Waals surface area contributed by atoms with Crippen molar-refractivity contribution in [2.24, 2.45) is 5.92 Å². The molecule has 10 heteroatoms. The Morgan fingerprint density at radius 1 is 1.25 bits per heavy atom. The number of halogens is 1. The van der Waals surface area contributed by atoms with Gasteiger partial charge in [0, 0.05) is 19.2 Å². The standard InChI is InChI=1S/C18H21BrN2O5S2/c1-25-13-5-6-15(26-2)14(10-13)20-18(22)12-4-3-9-21(11-12)28(23,24)17-8-7-16(19)27-17/h5-8,10,12H,3-4,9,11H2,1-2H3,(H,20,22)/t12-/m0/s1. The Hall–Kier alpha value is -1.62. The molecule has 1 N–H and O–H groups in total. The number of anilines is 1. The quantitative estimate of drug-likeness (QED) is 0.671. The van der Waals surface area contributed by atoms with Crippen LogP contribution in [0.2, 0.25) is 0 Å². The van der Waals surface area contributed by atoms with Gasteiger partial charge in [-0.15, -0.1) is 11.3 Å². The lowest BCUT2D eigenvalue weighted by atomic mass is 9.98. The summed E-state index contributed by atoms with van der Waals surface area (Å²) in [6.45, 7) is 0.556. The molecule has 0 aliphatic carbocycles. The molecule has 2 aromatic rings. The summed E-state index contributed by atoms with van der Waals surface area (Å²) >= 11 is 4.46. The Morgan fingerprint density at radius 3 is 2.68 bits per heavy atom. The number of nitrogens with zero attached hydrogens (tertiary/aromatic N) is 1. The van der Waals surface area contributed by atoms with Crippen LogP contribution in [0.25, 0.3) is 0 Å². The summed E-state index contributed by atoms with van der Waals surface area (Å²) < 4.78 is 38.6. The second-order valence-corrected chi connectivity index (χ2v) is 10.9. The van der Waals surface area contributed by atoms with E-state index < -0.39 is 15.9 Å². The van der Waals surface area contributed by atoms with Crippen LogP contribution < -0.4 is 14.8 Å². The van der Waals surface area contributed by atoms with Crippen LogP contribution in [0.3, 0.4) is 0 Å². The van der Waals surface area contributed by atoms with Crippen LogP contribution in [-0.4, -0.2) is 45.9 Å². The van der Waals surface area contributed by atoms with Gasteiger partial charge in [-0.25, -0.2) is 8.42 Å². The average molecular weight is 489 g/mol. The van der Waals surface area contributed by atoms with Crippen molar-refractivity contribution in [3.05, 3.63) is 34.1 Å². The predicted octanol–water partition coefficient (Wildman–Crippen LogP) is 3.57. The first kappa shape index (κ1) is 21.1. The molecule has 0 spiro atoms. The molecule has 0 saturated carbocycles. The van der Waals surface area contributed by atoms with Crippen molar-refractivity contribution >= 4 is 48.9 Å². The highest BCUT2D eigenvalue weighted by molar-refractivity contribution is 9.11. The number of nitrogens with one attached hydrogen (secondary N) is 1. The SMILES string of the molecule is COc1ccc(OC)c(NC(=O)[C@H]2CCCN(S(=O)(=O)c3ccc(Br)s3)C2)c1. The first-order valence-corrected chi connectivity index (χ1v) is 11.7. The van der Waals surface area contributed by atoms with Gasteiger partial charge < -0.3 is 14.8 Å². The molecule has 1 atom stereocenters. The molecule has 1 fully saturated rings. The number of ether oxygens (including phenoxy) is 2. The number of amides is 1. The minimum Gasteiger partial charge on any atom is -0.497 e. The minimum atomic E-state index is -3.61. The summed E-state index contributed by atoms with van der Waals surface area (Å²) in [7, 11) is -0.546. The fraction of sp³-hybridized carbons (Fsp3) is 0.389. The predicted molar refractivity (Wildman–Crippen MR) is 112 cm³/mol. The first-order chi connectivity index (χ1) is 13.3. The number of carbonyl (C=O) groups excluding carboxylic acids is 1. The molecular weight excluding hydrogens is 468 g/mol. The van der Waals surface area contributed by atoms with Gasteiger partial charge in [0.25, 0.3) is 10.0 Å². The third-order valence-corrected chi connectivity index (χ3v) is 8.52. The molecule has 1 aromatic carbocycles. The van der Waals surface area contributed by atoms with Gasteiger partial charge in [0.1, 0.15) is 15.7 Å². The number of piperidine rings is 1. The number of carbonyl (C=O) groups is 1. The van der Waals surface area contributed by atoms with Gasteiger partial charge in [-0.1, -0.05) is 0 Å². The summed E-state index contributed by atoms with van der Waals surface area (Å²) in [6.07, 6.45) is 1.25. The monoisotopic (exact) mass is 488 g/mol. The summed E-state index contributed by atoms with van der Waals surface area (Å²) in [4.78, 5) is 12.8. The Balaban J connectivity index is 1.75. The van der Waals surface area contributed by atoms with Gasteiger partial charge in [-0.2, -0.15) is 4.31 Å². The summed E-state index contributed by atoms with van der Waals surface area (Å²) in [5.41, 5.74) is 0.494. The Labute approximate surface area is 176 Å². The third kappa shape index (κ3) is 4.51. The van der Waals surface area contributed by atoms with Crippen molar-refractivity contribution in [1.29, 1.82) is 0 Å². The Kier molecular flexibility index (Phi) is 6.64. The van der Waals surface area contributed by atoms with E-state index in [1.54, 1.807) is 37.4 Å². The maximum absolute atomic E-state index is 12.9. The van der Waals surface area contributed by atoms with E-state index in [1.807, 2.05) is 0 Å². The molecule has 0 bridgehead atoms. The van der Waals surface area contributed by atoms with Crippen LogP contribution in [0.1, 0.15) is 12.8 Å². The van der Waals surface area contributed by atoms with Crippen molar-refractivity contribution in [2.75, 3.05) is 32.6 Å². The highest BCUT2D eigenvalue weighted by Crippen LogP contribution is 2.32. The van der Waals surface area contributed by atoms with Gasteiger partial charge in [0.05, 0.1) is 29.6 Å². The van der Waals surface area contributed by atoms with Gasteiger partial charge in [-0.3, -0.25) is 4.79 Å². The number of methoxy groups -OCH3 is 2. The molecule has 1 aromatic heterocycles. The molecule has 152 valence electrons. The van der Waals surface area contributed by atoms with E-state index in [9.17, 15) is 13.2 Å². The van der Waals surface area contributed by atoms with Gasteiger partial charge in [0.15, 0.2) is 0 Å². The van der Waals surface area contributed by atoms with Crippen molar-refractivity contribution in [2.45, 2.75) is 17.1 Å². The average Bonchev–Trinajstić information content (AvgIpc) is 3.15. The smallest absolute Gasteiger partial charge is 0.252 e. The number of hydrogen-bond donors (Lipinski definition) is 1. The number of rotatable bonds is 6. The minimum absolute atomic E-state index is 0.149. The summed E-state index contributed by atoms with van der Waals surface area (Å²) in [5, 5.41) is 2.85. The molecule has 7 nitrogen and oxygen atoms in total. The topological polar surface area (TPSA) is 84.9 Å². The lowest BCUT2D eigenvalue weighted by Crippen LogP contribution is -2.43. The van der Waals surface area contributed by atoms with Crippen molar-refractivity contribution in [3.63, 3.8) is 0 Å². The Morgan fingerprint density at radius 2 is 2.04 bits per heavy atom. The number of hydrogen-bond acceptors (Lipinski definition) is 6. The van der Waals surface area contributed by atoms with Gasteiger partial charge >= 0.3 is 0 Å². The molecule has 0 unspecified atom stereocenters. The van der Waals surface area contributed by atoms with Crippen LogP contribution in [0.4, 0.5) is 5.69 Å². The maximum Gasteiger partial charge on any atom is 0.252 e. The zero-order valence-corrected chi connectivity index (χ0v) is 18.7. The zero-order valence-electron chi connectivity index (χ0n) is 15.5. The van der Waals surface area contributed by atoms with Crippen molar-refractivity contribution in [1.82, 2.24) is 4.31 Å². The van der Waals surface area contributed by atoms with Crippen molar-refractivity contribution < 1.29 is 22.7 Å². The summed E-state index contributed by atoms with van der Waals surface area (Å²) in [5.74, 6) is 0.423. The molecule has 1 aliphatic rings. The van der Waals surface area contributed by atoms with E-state index in [0.717, 1.165) is 3.79 Å². The van der Waals surface area contributed by atoms with Crippen LogP contribution in [0, 0.1) is 5.92 Å². The van der Waals surface area contributed by atoms with E-state index in [-0.39, 0.29) is 16.7 Å². The fourth-order valence-corrected chi connectivity index (χ4v) is 6.77. The molecular formula is C18H21BrN2O5S2. The van der Waals surface area contributed by atoms with Crippen molar-refractivity contribution in [3.8, 4) is 11.5 Å². The lowest BCUT2D eigenvalue weighted by molar-refractivity contribution is -0.120.